The highest BCUT2D eigenvalue weighted by Gasteiger charge is 2.26. The third kappa shape index (κ3) is 2.11. The van der Waals surface area contributed by atoms with Crippen molar-refractivity contribution in [3.05, 3.63) is 42.3 Å². The summed E-state index contributed by atoms with van der Waals surface area (Å²) in [7, 11) is 0. The minimum atomic E-state index is -0.0660. The van der Waals surface area contributed by atoms with Gasteiger partial charge in [0.05, 0.1) is 6.04 Å². The summed E-state index contributed by atoms with van der Waals surface area (Å²) in [6.07, 6.45) is 4.47. The molecule has 2 rings (SSSR count). The van der Waals surface area contributed by atoms with Gasteiger partial charge in [-0.15, -0.1) is 0 Å². The SMILES string of the molecule is C=C(C=CC)c1ccc2n1C(CCO)CNC2=O. The molecule has 4 heteroatoms. The van der Waals surface area contributed by atoms with Gasteiger partial charge in [-0.05, 0) is 31.1 Å². The number of nitrogens with one attached hydrogen (secondary N) is 1. The lowest BCUT2D eigenvalue weighted by Gasteiger charge is -2.28. The number of carbonyl (C=O) groups is 1. The second-order valence-electron chi connectivity index (χ2n) is 4.38. The van der Waals surface area contributed by atoms with E-state index in [-0.39, 0.29) is 18.6 Å². The molecule has 1 atom stereocenters. The molecule has 0 fully saturated rings. The van der Waals surface area contributed by atoms with Crippen LogP contribution in [0.1, 0.15) is 35.6 Å². The summed E-state index contributed by atoms with van der Waals surface area (Å²) in [6.45, 7) is 6.60. The zero-order valence-corrected chi connectivity index (χ0v) is 10.5. The van der Waals surface area contributed by atoms with E-state index >= 15 is 0 Å². The summed E-state index contributed by atoms with van der Waals surface area (Å²) in [5, 5.41) is 12.0. The molecule has 1 unspecified atom stereocenters. The third-order valence-electron chi connectivity index (χ3n) is 3.17. The second kappa shape index (κ2) is 5.23. The molecule has 96 valence electrons. The van der Waals surface area contributed by atoms with E-state index in [1.165, 1.54) is 0 Å². The first-order valence-electron chi connectivity index (χ1n) is 6.11. The Kier molecular flexibility index (Phi) is 3.67. The number of aliphatic hydroxyl groups is 1. The number of hydrogen-bond acceptors (Lipinski definition) is 2. The van der Waals surface area contributed by atoms with Crippen LogP contribution in [0.4, 0.5) is 0 Å². The average Bonchev–Trinajstić information content (AvgIpc) is 2.79. The molecular formula is C14H18N2O2. The van der Waals surface area contributed by atoms with Crippen LogP contribution in [-0.2, 0) is 0 Å². The highest BCUT2D eigenvalue weighted by atomic mass is 16.3. The lowest BCUT2D eigenvalue weighted by molar-refractivity contribution is 0.0907. The van der Waals surface area contributed by atoms with E-state index in [4.69, 9.17) is 5.11 Å². The van der Waals surface area contributed by atoms with Crippen LogP contribution in [-0.4, -0.2) is 28.7 Å². The summed E-state index contributed by atoms with van der Waals surface area (Å²) in [5.41, 5.74) is 2.46. The average molecular weight is 246 g/mol. The van der Waals surface area contributed by atoms with Crippen LogP contribution in [0.15, 0.2) is 30.9 Å². The molecule has 2 heterocycles. The molecule has 2 N–H and O–H groups in total. The zero-order chi connectivity index (χ0) is 13.1. The molecule has 0 aliphatic carbocycles. The number of hydrogen-bond donors (Lipinski definition) is 2. The van der Waals surface area contributed by atoms with Gasteiger partial charge >= 0.3 is 0 Å². The molecule has 1 aromatic rings. The van der Waals surface area contributed by atoms with Crippen LogP contribution in [0.25, 0.3) is 5.57 Å². The monoisotopic (exact) mass is 246 g/mol. The number of rotatable bonds is 4. The fourth-order valence-corrected chi connectivity index (χ4v) is 2.35. The maximum atomic E-state index is 11.8. The Morgan fingerprint density at radius 2 is 2.44 bits per heavy atom. The molecule has 0 saturated carbocycles. The summed E-state index contributed by atoms with van der Waals surface area (Å²) < 4.78 is 1.98. The molecule has 1 aliphatic heterocycles. The van der Waals surface area contributed by atoms with Gasteiger partial charge in [-0.3, -0.25) is 4.79 Å². The van der Waals surface area contributed by atoms with Gasteiger partial charge in [0.2, 0.25) is 0 Å². The number of allylic oxidation sites excluding steroid dienone is 3. The Balaban J connectivity index is 2.45. The smallest absolute Gasteiger partial charge is 0.268 e. The number of amides is 1. The second-order valence-corrected chi connectivity index (χ2v) is 4.38. The van der Waals surface area contributed by atoms with Crippen LogP contribution in [0.2, 0.25) is 0 Å². The maximum Gasteiger partial charge on any atom is 0.268 e. The van der Waals surface area contributed by atoms with Crippen molar-refractivity contribution in [3.63, 3.8) is 0 Å². The van der Waals surface area contributed by atoms with Crippen molar-refractivity contribution < 1.29 is 9.90 Å². The van der Waals surface area contributed by atoms with Gasteiger partial charge in [0, 0.05) is 18.8 Å². The Morgan fingerprint density at radius 3 is 3.11 bits per heavy atom. The van der Waals surface area contributed by atoms with Gasteiger partial charge < -0.3 is 15.0 Å². The third-order valence-corrected chi connectivity index (χ3v) is 3.17. The van der Waals surface area contributed by atoms with E-state index in [9.17, 15) is 4.79 Å². The maximum absolute atomic E-state index is 11.8. The summed E-state index contributed by atoms with van der Waals surface area (Å²) in [6, 6.07) is 3.81. The van der Waals surface area contributed by atoms with Crippen molar-refractivity contribution in [3.8, 4) is 0 Å². The quantitative estimate of drug-likeness (QED) is 0.795. The highest BCUT2D eigenvalue weighted by molar-refractivity contribution is 5.94. The minimum Gasteiger partial charge on any atom is -0.396 e. The molecule has 1 amide bonds. The largest absolute Gasteiger partial charge is 0.396 e. The molecule has 0 aromatic carbocycles. The fraction of sp³-hybridized carbons (Fsp3) is 0.357. The fourth-order valence-electron chi connectivity index (χ4n) is 2.35. The summed E-state index contributed by atoms with van der Waals surface area (Å²) in [4.78, 5) is 11.8. The normalized spacial score (nSPS) is 18.8. The predicted molar refractivity (Wildman–Crippen MR) is 71.4 cm³/mol. The Morgan fingerprint density at radius 1 is 1.67 bits per heavy atom. The number of aromatic nitrogens is 1. The lowest BCUT2D eigenvalue weighted by atomic mass is 10.1. The van der Waals surface area contributed by atoms with Crippen molar-refractivity contribution in [2.45, 2.75) is 19.4 Å². The molecule has 4 nitrogen and oxygen atoms in total. The molecule has 1 aromatic heterocycles. The van der Waals surface area contributed by atoms with Crippen LogP contribution in [0.3, 0.4) is 0 Å². The number of nitrogens with zero attached hydrogens (tertiary/aromatic N) is 1. The summed E-state index contributed by atoms with van der Waals surface area (Å²) >= 11 is 0. The lowest BCUT2D eigenvalue weighted by Crippen LogP contribution is -2.39. The first-order valence-corrected chi connectivity index (χ1v) is 6.11. The van der Waals surface area contributed by atoms with E-state index < -0.39 is 0 Å². The van der Waals surface area contributed by atoms with E-state index in [0.29, 0.717) is 18.7 Å². The first-order chi connectivity index (χ1) is 8.69. The van der Waals surface area contributed by atoms with Gasteiger partial charge in [-0.1, -0.05) is 18.7 Å². The van der Waals surface area contributed by atoms with E-state index in [2.05, 4.69) is 11.9 Å². The predicted octanol–water partition coefficient (Wildman–Crippen LogP) is 1.74. The van der Waals surface area contributed by atoms with Crippen LogP contribution in [0, 0.1) is 0 Å². The van der Waals surface area contributed by atoms with Gasteiger partial charge in [0.1, 0.15) is 5.69 Å². The van der Waals surface area contributed by atoms with E-state index in [0.717, 1.165) is 11.3 Å². The minimum absolute atomic E-state index is 0.0660. The Bertz CT molecular complexity index is 500. The Labute approximate surface area is 107 Å². The standard InChI is InChI=1S/C14H18N2O2/c1-3-4-10(2)12-5-6-13-14(18)15-9-11(7-8-17)16(12)13/h3-6,11,17H,2,7-9H2,1H3,(H,15,18). The molecule has 0 spiro atoms. The highest BCUT2D eigenvalue weighted by Crippen LogP contribution is 2.27. The number of aliphatic hydroxyl groups excluding tert-OH is 1. The number of carbonyl (C=O) groups excluding carboxylic acids is 1. The van der Waals surface area contributed by atoms with Gasteiger partial charge in [-0.2, -0.15) is 0 Å². The van der Waals surface area contributed by atoms with Crippen LogP contribution < -0.4 is 5.32 Å². The van der Waals surface area contributed by atoms with Crippen molar-refractivity contribution in [1.29, 1.82) is 0 Å². The van der Waals surface area contributed by atoms with Gasteiger partial charge in [0.15, 0.2) is 0 Å². The van der Waals surface area contributed by atoms with E-state index in [1.807, 2.05) is 35.8 Å². The molecule has 0 bridgehead atoms. The summed E-state index contributed by atoms with van der Waals surface area (Å²) in [5.74, 6) is -0.0660. The topological polar surface area (TPSA) is 54.3 Å². The number of fused-ring (bicyclic) bond motifs is 1. The molecule has 1 aliphatic rings. The van der Waals surface area contributed by atoms with Crippen LogP contribution >= 0.6 is 0 Å². The van der Waals surface area contributed by atoms with Crippen molar-refractivity contribution in [1.82, 2.24) is 9.88 Å². The molecule has 18 heavy (non-hydrogen) atoms. The molecule has 0 saturated heterocycles. The van der Waals surface area contributed by atoms with Crippen LogP contribution in [0.5, 0.6) is 0 Å². The van der Waals surface area contributed by atoms with Gasteiger partial charge in [-0.25, -0.2) is 0 Å². The molecule has 0 radical (unpaired) electrons. The first kappa shape index (κ1) is 12.6. The van der Waals surface area contributed by atoms with Crippen molar-refractivity contribution >= 4 is 11.5 Å². The molecular weight excluding hydrogens is 228 g/mol. The zero-order valence-electron chi connectivity index (χ0n) is 10.5. The van der Waals surface area contributed by atoms with Crippen molar-refractivity contribution in [2.24, 2.45) is 0 Å². The van der Waals surface area contributed by atoms with E-state index in [1.54, 1.807) is 0 Å². The van der Waals surface area contributed by atoms with Crippen molar-refractivity contribution in [2.75, 3.05) is 13.2 Å². The Hall–Kier alpha value is -1.81. The van der Waals surface area contributed by atoms with Gasteiger partial charge in [0.25, 0.3) is 5.91 Å².